The molecule has 1 aliphatic carbocycles. The number of hydrogen-bond acceptors (Lipinski definition) is 3. The van der Waals surface area contributed by atoms with Crippen molar-refractivity contribution in [3.8, 4) is 5.75 Å². The van der Waals surface area contributed by atoms with Gasteiger partial charge in [0.15, 0.2) is 0 Å². The van der Waals surface area contributed by atoms with Crippen LogP contribution >= 0.6 is 0 Å². The van der Waals surface area contributed by atoms with E-state index < -0.39 is 5.97 Å². The number of methoxy groups -OCH3 is 1. The first-order valence-electron chi connectivity index (χ1n) is 13.3. The van der Waals surface area contributed by atoms with Crippen LogP contribution in [0.5, 0.6) is 5.75 Å². The lowest BCUT2D eigenvalue weighted by Gasteiger charge is -2.39. The Morgan fingerprint density at radius 2 is 1.87 bits per heavy atom. The minimum Gasteiger partial charge on any atom is -0.496 e. The number of fused-ring (bicyclic) bond motifs is 1. The van der Waals surface area contributed by atoms with E-state index in [1.54, 1.807) is 31.4 Å². The molecule has 0 aromatic heterocycles. The first-order valence-corrected chi connectivity index (χ1v) is 13.3. The Balaban J connectivity index is 1.54. The molecule has 198 valence electrons. The number of aromatic carboxylic acids is 1. The number of carboxylic acids is 1. The monoisotopic (exact) mass is 517 g/mol. The van der Waals surface area contributed by atoms with Crippen LogP contribution in [0.4, 0.5) is 8.78 Å². The van der Waals surface area contributed by atoms with Crippen LogP contribution in [0.25, 0.3) is 11.1 Å². The third-order valence-electron chi connectivity index (χ3n) is 7.70. The number of allylic oxidation sites excluding steroid dienone is 1. The summed E-state index contributed by atoms with van der Waals surface area (Å²) in [5.74, 6) is -0.225. The van der Waals surface area contributed by atoms with Gasteiger partial charge in [-0.05, 0) is 95.7 Å². The number of nitrogens with zero attached hydrogens (tertiary/aromatic N) is 1. The molecule has 2 aliphatic rings. The fourth-order valence-corrected chi connectivity index (χ4v) is 5.88. The predicted molar refractivity (Wildman–Crippen MR) is 146 cm³/mol. The number of ether oxygens (including phenoxy) is 1. The Morgan fingerprint density at radius 1 is 1.08 bits per heavy atom. The lowest BCUT2D eigenvalue weighted by molar-refractivity contribution is 0.0696. The average molecular weight is 518 g/mol. The van der Waals surface area contributed by atoms with Crippen molar-refractivity contribution in [2.24, 2.45) is 5.92 Å². The predicted octanol–water partition coefficient (Wildman–Crippen LogP) is 6.66. The summed E-state index contributed by atoms with van der Waals surface area (Å²) >= 11 is 0. The van der Waals surface area contributed by atoms with E-state index in [1.165, 1.54) is 11.6 Å². The van der Waals surface area contributed by atoms with Gasteiger partial charge in [-0.15, -0.1) is 0 Å². The van der Waals surface area contributed by atoms with E-state index in [9.17, 15) is 14.3 Å². The van der Waals surface area contributed by atoms with Crippen molar-refractivity contribution in [1.82, 2.24) is 4.90 Å². The highest BCUT2D eigenvalue weighted by Gasteiger charge is 2.27. The van der Waals surface area contributed by atoms with E-state index in [0.717, 1.165) is 60.3 Å². The van der Waals surface area contributed by atoms with Gasteiger partial charge in [-0.3, -0.25) is 4.39 Å². The van der Waals surface area contributed by atoms with Crippen LogP contribution in [0.2, 0.25) is 0 Å². The van der Waals surface area contributed by atoms with Crippen LogP contribution in [-0.4, -0.2) is 49.4 Å². The molecule has 1 heterocycles. The molecule has 0 spiro atoms. The van der Waals surface area contributed by atoms with E-state index in [4.69, 9.17) is 4.74 Å². The van der Waals surface area contributed by atoms with E-state index in [1.807, 2.05) is 6.07 Å². The molecule has 6 heteroatoms. The largest absolute Gasteiger partial charge is 0.496 e. The summed E-state index contributed by atoms with van der Waals surface area (Å²) < 4.78 is 33.4. The summed E-state index contributed by atoms with van der Waals surface area (Å²) in [5.41, 5.74) is 6.61. The lowest BCUT2D eigenvalue weighted by Crippen LogP contribution is -2.47. The smallest absolute Gasteiger partial charge is 0.335 e. The first-order chi connectivity index (χ1) is 18.5. The highest BCUT2D eigenvalue weighted by atomic mass is 19.1. The number of halogens is 2. The molecule has 1 aliphatic heterocycles. The average Bonchev–Trinajstić information content (AvgIpc) is 3.09. The van der Waals surface area contributed by atoms with Gasteiger partial charge in [-0.2, -0.15) is 0 Å². The van der Waals surface area contributed by atoms with Gasteiger partial charge in [0.25, 0.3) is 0 Å². The van der Waals surface area contributed by atoms with Crippen LogP contribution in [0, 0.1) is 11.7 Å². The maximum atomic E-state index is 15.3. The molecule has 1 N–H and O–H groups in total. The van der Waals surface area contributed by atoms with Gasteiger partial charge in [0.1, 0.15) is 11.6 Å². The van der Waals surface area contributed by atoms with Crippen molar-refractivity contribution >= 4 is 17.1 Å². The van der Waals surface area contributed by atoms with Gasteiger partial charge in [-0.25, -0.2) is 9.18 Å². The van der Waals surface area contributed by atoms with E-state index in [0.29, 0.717) is 36.5 Å². The Hall–Kier alpha value is -3.51. The zero-order chi connectivity index (χ0) is 26.6. The molecule has 5 rings (SSSR count). The standard InChI is InChI=1S/C32H33F2NO3/c1-38-29-8-3-7-28(34)31(29)27-6-2-5-24-18-25(32(36)37)13-14-26(24)30(27)23-11-9-21(10-12-23)17-22-19-35(20-22)16-4-15-33/h3,7-14,18,22H,2,4-6,15-17,19-20H2,1H3,(H,36,37). The van der Waals surface area contributed by atoms with Gasteiger partial charge < -0.3 is 14.7 Å². The molecule has 1 saturated heterocycles. The van der Waals surface area contributed by atoms with Gasteiger partial charge in [0, 0.05) is 19.6 Å². The summed E-state index contributed by atoms with van der Waals surface area (Å²) in [6.07, 6.45) is 3.69. The second-order valence-electron chi connectivity index (χ2n) is 10.3. The SMILES string of the molecule is COc1cccc(F)c1C1=C(c2ccc(CC3CN(CCCF)C3)cc2)c2ccc(C(=O)O)cc2CCC1. The Labute approximate surface area is 222 Å². The number of carboxylic acid groups (broad SMARTS) is 1. The maximum absolute atomic E-state index is 15.3. The molecule has 3 aromatic carbocycles. The molecule has 0 saturated carbocycles. The summed E-state index contributed by atoms with van der Waals surface area (Å²) in [6.45, 7) is 2.57. The summed E-state index contributed by atoms with van der Waals surface area (Å²) in [4.78, 5) is 14.0. The number of hydrogen-bond donors (Lipinski definition) is 1. The molecule has 38 heavy (non-hydrogen) atoms. The van der Waals surface area contributed by atoms with Crippen molar-refractivity contribution in [2.45, 2.75) is 32.1 Å². The maximum Gasteiger partial charge on any atom is 0.335 e. The minimum atomic E-state index is -0.956. The topological polar surface area (TPSA) is 49.8 Å². The van der Waals surface area contributed by atoms with Crippen molar-refractivity contribution in [1.29, 1.82) is 0 Å². The fraction of sp³-hybridized carbons (Fsp3) is 0.344. The normalized spacial score (nSPS) is 16.1. The summed E-state index contributed by atoms with van der Waals surface area (Å²) in [6, 6.07) is 18.6. The number of carbonyl (C=O) groups is 1. The highest BCUT2D eigenvalue weighted by molar-refractivity contribution is 6.01. The first kappa shape index (κ1) is 26.1. The third-order valence-corrected chi connectivity index (χ3v) is 7.70. The van der Waals surface area contributed by atoms with Crippen LogP contribution in [-0.2, 0) is 12.8 Å². The number of rotatable bonds is 9. The molecule has 0 amide bonds. The van der Waals surface area contributed by atoms with Crippen molar-refractivity contribution in [2.75, 3.05) is 33.4 Å². The van der Waals surface area contributed by atoms with Gasteiger partial charge in [-0.1, -0.05) is 36.4 Å². The Morgan fingerprint density at radius 3 is 2.58 bits per heavy atom. The third kappa shape index (κ3) is 5.37. The van der Waals surface area contributed by atoms with Crippen molar-refractivity contribution in [3.63, 3.8) is 0 Å². The molecular weight excluding hydrogens is 484 g/mol. The quantitative estimate of drug-likeness (QED) is 0.345. The van der Waals surface area contributed by atoms with Gasteiger partial charge in [0.2, 0.25) is 0 Å². The van der Waals surface area contributed by atoms with Gasteiger partial charge >= 0.3 is 5.97 Å². The van der Waals surface area contributed by atoms with E-state index in [-0.39, 0.29) is 18.1 Å². The number of aryl methyl sites for hydroxylation is 1. The van der Waals surface area contributed by atoms with Gasteiger partial charge in [0.05, 0.1) is 24.9 Å². The zero-order valence-electron chi connectivity index (χ0n) is 21.7. The minimum absolute atomic E-state index is 0.256. The van der Waals surface area contributed by atoms with Crippen LogP contribution in [0.1, 0.15) is 57.4 Å². The Kier molecular flexibility index (Phi) is 7.89. The molecule has 4 nitrogen and oxygen atoms in total. The second kappa shape index (κ2) is 11.5. The van der Waals surface area contributed by atoms with Crippen LogP contribution in [0.3, 0.4) is 0 Å². The molecule has 0 unspecified atom stereocenters. The molecule has 0 radical (unpaired) electrons. The lowest BCUT2D eigenvalue weighted by atomic mass is 9.85. The Bertz CT molecular complexity index is 1340. The zero-order valence-corrected chi connectivity index (χ0v) is 21.7. The number of likely N-dealkylation sites (tertiary alicyclic amines) is 1. The van der Waals surface area contributed by atoms with Crippen molar-refractivity contribution < 1.29 is 23.4 Å². The summed E-state index contributed by atoms with van der Waals surface area (Å²) in [7, 11) is 1.55. The van der Waals surface area contributed by atoms with Crippen LogP contribution in [0.15, 0.2) is 60.7 Å². The van der Waals surface area contributed by atoms with E-state index >= 15 is 4.39 Å². The highest BCUT2D eigenvalue weighted by Crippen LogP contribution is 2.43. The molecule has 1 fully saturated rings. The fourth-order valence-electron chi connectivity index (χ4n) is 5.88. The molecule has 0 atom stereocenters. The molecular formula is C32H33F2NO3. The number of benzene rings is 3. The molecule has 0 bridgehead atoms. The molecule has 3 aromatic rings. The van der Waals surface area contributed by atoms with Crippen molar-refractivity contribution in [3.05, 3.63) is 99.9 Å². The number of alkyl halides is 1. The second-order valence-corrected chi connectivity index (χ2v) is 10.3. The van der Waals surface area contributed by atoms with Crippen LogP contribution < -0.4 is 4.74 Å². The van der Waals surface area contributed by atoms with E-state index in [2.05, 4.69) is 29.2 Å². The summed E-state index contributed by atoms with van der Waals surface area (Å²) in [5, 5.41) is 9.56.